The zero-order valence-corrected chi connectivity index (χ0v) is 11.4. The van der Waals surface area contributed by atoms with E-state index in [-0.39, 0.29) is 6.04 Å². The van der Waals surface area contributed by atoms with Gasteiger partial charge in [0.1, 0.15) is 12.2 Å². The van der Waals surface area contributed by atoms with Crippen LogP contribution in [0.3, 0.4) is 0 Å². The van der Waals surface area contributed by atoms with Crippen LogP contribution in [0.15, 0.2) is 42.7 Å². The van der Waals surface area contributed by atoms with Gasteiger partial charge in [-0.3, -0.25) is 4.40 Å². The van der Waals surface area contributed by atoms with E-state index in [0.29, 0.717) is 0 Å². The van der Waals surface area contributed by atoms with Gasteiger partial charge < -0.3 is 5.73 Å². The van der Waals surface area contributed by atoms with Gasteiger partial charge in [0.25, 0.3) is 0 Å². The SMILES string of the molecule is Cc1cc2nnc(CCC(N)c3ccccc3)n2cn1. The number of aryl methyl sites for hydroxylation is 2. The van der Waals surface area contributed by atoms with Crippen LogP contribution in [-0.2, 0) is 6.42 Å². The summed E-state index contributed by atoms with van der Waals surface area (Å²) in [6, 6.07) is 12.1. The molecule has 2 N–H and O–H groups in total. The number of aromatic nitrogens is 4. The van der Waals surface area contributed by atoms with E-state index in [2.05, 4.69) is 27.3 Å². The molecule has 0 aliphatic rings. The zero-order chi connectivity index (χ0) is 13.9. The van der Waals surface area contributed by atoms with E-state index < -0.39 is 0 Å². The molecule has 20 heavy (non-hydrogen) atoms. The number of fused-ring (bicyclic) bond motifs is 1. The molecule has 1 aromatic carbocycles. The number of rotatable bonds is 4. The molecule has 0 aliphatic carbocycles. The average Bonchev–Trinajstić information content (AvgIpc) is 2.88. The molecule has 0 bridgehead atoms. The normalized spacial score (nSPS) is 12.7. The molecule has 1 unspecified atom stereocenters. The molecule has 3 rings (SSSR count). The van der Waals surface area contributed by atoms with Crippen molar-refractivity contribution in [3.8, 4) is 0 Å². The van der Waals surface area contributed by atoms with Crippen LogP contribution in [0.4, 0.5) is 0 Å². The second-order valence-corrected chi connectivity index (χ2v) is 4.93. The molecule has 0 spiro atoms. The summed E-state index contributed by atoms with van der Waals surface area (Å²) in [5.41, 5.74) is 9.13. The Morgan fingerprint density at radius 2 is 2.00 bits per heavy atom. The van der Waals surface area contributed by atoms with Crippen LogP contribution < -0.4 is 5.73 Å². The first-order chi connectivity index (χ1) is 9.74. The quantitative estimate of drug-likeness (QED) is 0.785. The van der Waals surface area contributed by atoms with Gasteiger partial charge in [0.15, 0.2) is 5.65 Å². The van der Waals surface area contributed by atoms with E-state index in [9.17, 15) is 0 Å². The Balaban J connectivity index is 1.74. The summed E-state index contributed by atoms with van der Waals surface area (Å²) < 4.78 is 1.92. The summed E-state index contributed by atoms with van der Waals surface area (Å²) in [6.07, 6.45) is 3.38. The third-order valence-corrected chi connectivity index (χ3v) is 3.41. The fourth-order valence-corrected chi connectivity index (χ4v) is 2.26. The molecular formula is C15H17N5. The lowest BCUT2D eigenvalue weighted by Gasteiger charge is -2.10. The first-order valence-corrected chi connectivity index (χ1v) is 6.71. The molecule has 0 fully saturated rings. The van der Waals surface area contributed by atoms with Gasteiger partial charge >= 0.3 is 0 Å². The highest BCUT2D eigenvalue weighted by atomic mass is 15.3. The first kappa shape index (κ1) is 12.7. The summed E-state index contributed by atoms with van der Waals surface area (Å²) in [4.78, 5) is 4.28. The minimum Gasteiger partial charge on any atom is -0.324 e. The first-order valence-electron chi connectivity index (χ1n) is 6.71. The lowest BCUT2D eigenvalue weighted by molar-refractivity contribution is 0.630. The van der Waals surface area contributed by atoms with Crippen molar-refractivity contribution in [1.82, 2.24) is 19.6 Å². The van der Waals surface area contributed by atoms with Gasteiger partial charge in [-0.2, -0.15) is 0 Å². The van der Waals surface area contributed by atoms with Crippen LogP contribution in [0.5, 0.6) is 0 Å². The van der Waals surface area contributed by atoms with Gasteiger partial charge in [-0.15, -0.1) is 10.2 Å². The van der Waals surface area contributed by atoms with E-state index in [1.54, 1.807) is 6.33 Å². The highest BCUT2D eigenvalue weighted by molar-refractivity contribution is 5.38. The molecule has 0 aliphatic heterocycles. The minimum atomic E-state index is 0.0157. The van der Waals surface area contributed by atoms with Gasteiger partial charge in [-0.1, -0.05) is 30.3 Å². The molecule has 0 radical (unpaired) electrons. The zero-order valence-electron chi connectivity index (χ0n) is 11.4. The predicted octanol–water partition coefficient (Wildman–Crippen LogP) is 2.07. The van der Waals surface area contributed by atoms with Crippen molar-refractivity contribution in [2.75, 3.05) is 0 Å². The maximum absolute atomic E-state index is 6.21. The molecule has 102 valence electrons. The van der Waals surface area contributed by atoms with Crippen molar-refractivity contribution >= 4 is 5.65 Å². The predicted molar refractivity (Wildman–Crippen MR) is 77.2 cm³/mol. The van der Waals surface area contributed by atoms with Crippen molar-refractivity contribution in [3.63, 3.8) is 0 Å². The number of benzene rings is 1. The molecule has 0 amide bonds. The minimum absolute atomic E-state index is 0.0157. The molecule has 1 atom stereocenters. The van der Waals surface area contributed by atoms with Crippen LogP contribution >= 0.6 is 0 Å². The molecule has 2 aromatic heterocycles. The molecule has 3 aromatic rings. The number of hydrogen-bond acceptors (Lipinski definition) is 4. The molecule has 5 nitrogen and oxygen atoms in total. The van der Waals surface area contributed by atoms with Gasteiger partial charge in [-0.05, 0) is 18.9 Å². The molecule has 0 saturated heterocycles. The summed E-state index contributed by atoms with van der Waals surface area (Å²) in [5, 5.41) is 8.38. The summed E-state index contributed by atoms with van der Waals surface area (Å²) >= 11 is 0. The van der Waals surface area contributed by atoms with E-state index in [4.69, 9.17) is 5.73 Å². The third-order valence-electron chi connectivity index (χ3n) is 3.41. The van der Waals surface area contributed by atoms with Crippen LogP contribution in [0.25, 0.3) is 5.65 Å². The second kappa shape index (κ2) is 5.38. The van der Waals surface area contributed by atoms with Crippen molar-refractivity contribution in [1.29, 1.82) is 0 Å². The summed E-state index contributed by atoms with van der Waals surface area (Å²) in [5.74, 6) is 0.902. The van der Waals surface area contributed by atoms with Crippen LogP contribution in [0.2, 0.25) is 0 Å². The summed E-state index contributed by atoms with van der Waals surface area (Å²) in [7, 11) is 0. The van der Waals surface area contributed by atoms with E-state index in [1.807, 2.05) is 35.6 Å². The van der Waals surface area contributed by atoms with E-state index in [0.717, 1.165) is 35.6 Å². The van der Waals surface area contributed by atoms with E-state index >= 15 is 0 Å². The largest absolute Gasteiger partial charge is 0.324 e. The maximum Gasteiger partial charge on any atom is 0.163 e. The molecular weight excluding hydrogens is 250 g/mol. The Labute approximate surface area is 117 Å². The van der Waals surface area contributed by atoms with Crippen LogP contribution in [-0.4, -0.2) is 19.6 Å². The Morgan fingerprint density at radius 3 is 2.80 bits per heavy atom. The molecule has 5 heteroatoms. The molecule has 0 saturated carbocycles. The van der Waals surface area contributed by atoms with Crippen LogP contribution in [0.1, 0.15) is 29.5 Å². The second-order valence-electron chi connectivity index (χ2n) is 4.93. The number of nitrogens with two attached hydrogens (primary N) is 1. The van der Waals surface area contributed by atoms with Crippen molar-refractivity contribution < 1.29 is 0 Å². The standard InChI is InChI=1S/C15H17N5/c1-11-9-15-19-18-14(20(15)10-17-11)8-7-13(16)12-5-3-2-4-6-12/h2-6,9-10,13H,7-8,16H2,1H3. The van der Waals surface area contributed by atoms with Gasteiger partial charge in [0.2, 0.25) is 0 Å². The van der Waals surface area contributed by atoms with E-state index in [1.165, 1.54) is 0 Å². The van der Waals surface area contributed by atoms with Crippen LogP contribution in [0, 0.1) is 6.92 Å². The number of hydrogen-bond donors (Lipinski definition) is 1. The third kappa shape index (κ3) is 2.53. The van der Waals surface area contributed by atoms with Crippen molar-refractivity contribution in [3.05, 3.63) is 59.8 Å². The lowest BCUT2D eigenvalue weighted by Crippen LogP contribution is -2.12. The fraction of sp³-hybridized carbons (Fsp3) is 0.267. The smallest absolute Gasteiger partial charge is 0.163 e. The Bertz CT molecular complexity index is 705. The van der Waals surface area contributed by atoms with Gasteiger partial charge in [-0.25, -0.2) is 4.98 Å². The Morgan fingerprint density at radius 1 is 1.20 bits per heavy atom. The topological polar surface area (TPSA) is 69.1 Å². The highest BCUT2D eigenvalue weighted by Crippen LogP contribution is 2.16. The van der Waals surface area contributed by atoms with Crippen molar-refractivity contribution in [2.24, 2.45) is 5.73 Å². The fourth-order valence-electron chi connectivity index (χ4n) is 2.26. The highest BCUT2D eigenvalue weighted by Gasteiger charge is 2.10. The monoisotopic (exact) mass is 267 g/mol. The average molecular weight is 267 g/mol. The number of nitrogens with zero attached hydrogens (tertiary/aromatic N) is 4. The Kier molecular flexibility index (Phi) is 3.43. The Hall–Kier alpha value is -2.27. The van der Waals surface area contributed by atoms with Gasteiger partial charge in [0, 0.05) is 24.2 Å². The van der Waals surface area contributed by atoms with Gasteiger partial charge in [0.05, 0.1) is 0 Å². The van der Waals surface area contributed by atoms with Crippen molar-refractivity contribution in [2.45, 2.75) is 25.8 Å². The summed E-state index contributed by atoms with van der Waals surface area (Å²) in [6.45, 7) is 1.94. The maximum atomic E-state index is 6.21. The molecule has 2 heterocycles. The lowest BCUT2D eigenvalue weighted by atomic mass is 10.0.